The van der Waals surface area contributed by atoms with Crippen molar-refractivity contribution < 1.29 is 9.94 Å². The summed E-state index contributed by atoms with van der Waals surface area (Å²) in [6.45, 7) is 1.32. The van der Waals surface area contributed by atoms with Crippen LogP contribution in [-0.2, 0) is 0 Å². The number of benzene rings is 1. The average molecular weight is 271 g/mol. The summed E-state index contributed by atoms with van der Waals surface area (Å²) in [7, 11) is 1.98. The number of anilines is 1. The minimum Gasteiger partial charge on any atom is -0.492 e. The lowest BCUT2D eigenvalue weighted by Crippen LogP contribution is -2.24. The van der Waals surface area contributed by atoms with Crippen molar-refractivity contribution in [3.63, 3.8) is 0 Å². The molecule has 1 aromatic carbocycles. The second-order valence-corrected chi connectivity index (χ2v) is 4.27. The van der Waals surface area contributed by atoms with Gasteiger partial charge in [0.25, 0.3) is 0 Å². The fourth-order valence-corrected chi connectivity index (χ4v) is 1.71. The largest absolute Gasteiger partial charge is 0.492 e. The molecular formula is C15H17N3O2. The fourth-order valence-electron chi connectivity index (χ4n) is 1.71. The van der Waals surface area contributed by atoms with Crippen molar-refractivity contribution in [1.29, 1.82) is 0 Å². The average Bonchev–Trinajstić information content (AvgIpc) is 2.50. The summed E-state index contributed by atoms with van der Waals surface area (Å²) in [5.74, 6) is 1.71. The number of hydrogen-bond donors (Lipinski definition) is 1. The second kappa shape index (κ2) is 7.13. The van der Waals surface area contributed by atoms with Gasteiger partial charge in [0.1, 0.15) is 18.2 Å². The van der Waals surface area contributed by atoms with Crippen molar-refractivity contribution in [2.45, 2.75) is 0 Å². The van der Waals surface area contributed by atoms with E-state index < -0.39 is 0 Å². The molecule has 0 unspecified atom stereocenters. The second-order valence-electron chi connectivity index (χ2n) is 4.27. The smallest absolute Gasteiger partial charge is 0.128 e. The third kappa shape index (κ3) is 3.98. The molecule has 5 nitrogen and oxygen atoms in total. The topological polar surface area (TPSA) is 58.0 Å². The Morgan fingerprint density at radius 2 is 2.05 bits per heavy atom. The molecule has 2 aromatic rings. The molecule has 0 amide bonds. The Hall–Kier alpha value is -2.56. The van der Waals surface area contributed by atoms with Gasteiger partial charge in [-0.25, -0.2) is 4.98 Å². The van der Waals surface area contributed by atoms with E-state index in [0.717, 1.165) is 23.7 Å². The van der Waals surface area contributed by atoms with E-state index in [2.05, 4.69) is 10.1 Å². The minimum absolute atomic E-state index is 0.570. The third-order valence-electron chi connectivity index (χ3n) is 2.82. The van der Waals surface area contributed by atoms with E-state index in [1.165, 1.54) is 6.21 Å². The Morgan fingerprint density at radius 1 is 1.25 bits per heavy atom. The van der Waals surface area contributed by atoms with E-state index in [4.69, 9.17) is 9.94 Å². The number of pyridine rings is 1. The first-order valence-electron chi connectivity index (χ1n) is 6.32. The van der Waals surface area contributed by atoms with Gasteiger partial charge in [0.2, 0.25) is 0 Å². The van der Waals surface area contributed by atoms with Crippen molar-refractivity contribution in [3.05, 3.63) is 54.2 Å². The molecule has 1 aromatic heterocycles. The van der Waals surface area contributed by atoms with Crippen LogP contribution >= 0.6 is 0 Å². The Bertz CT molecular complexity index is 541. The summed E-state index contributed by atoms with van der Waals surface area (Å²) < 4.78 is 5.65. The lowest BCUT2D eigenvalue weighted by atomic mass is 10.2. The maximum atomic E-state index is 8.43. The number of oxime groups is 1. The van der Waals surface area contributed by atoms with Crippen molar-refractivity contribution in [2.75, 3.05) is 25.1 Å². The fraction of sp³-hybridized carbons (Fsp3) is 0.200. The molecular weight excluding hydrogens is 254 g/mol. The van der Waals surface area contributed by atoms with Gasteiger partial charge in [0.05, 0.1) is 12.8 Å². The number of aromatic nitrogens is 1. The zero-order valence-electron chi connectivity index (χ0n) is 11.3. The van der Waals surface area contributed by atoms with E-state index in [9.17, 15) is 0 Å². The third-order valence-corrected chi connectivity index (χ3v) is 2.82. The monoisotopic (exact) mass is 271 g/mol. The first-order chi connectivity index (χ1) is 9.79. The summed E-state index contributed by atoms with van der Waals surface area (Å²) >= 11 is 0. The molecule has 0 aliphatic carbocycles. The molecule has 2 rings (SSSR count). The Balaban J connectivity index is 1.81. The number of likely N-dealkylation sites (N-methyl/N-ethyl adjacent to an activating group) is 1. The van der Waals surface area contributed by atoms with Crippen LogP contribution in [0.2, 0.25) is 0 Å². The maximum absolute atomic E-state index is 8.43. The molecule has 0 aliphatic rings. The van der Waals surface area contributed by atoms with Crippen LogP contribution in [0.25, 0.3) is 0 Å². The molecule has 0 radical (unpaired) electrons. The molecule has 0 saturated heterocycles. The maximum Gasteiger partial charge on any atom is 0.128 e. The van der Waals surface area contributed by atoms with Gasteiger partial charge in [-0.1, -0.05) is 11.2 Å². The molecule has 1 heterocycles. The van der Waals surface area contributed by atoms with Crippen molar-refractivity contribution in [1.82, 2.24) is 4.98 Å². The van der Waals surface area contributed by atoms with Crippen LogP contribution in [-0.4, -0.2) is 36.6 Å². The summed E-state index contributed by atoms with van der Waals surface area (Å²) in [4.78, 5) is 6.30. The van der Waals surface area contributed by atoms with Crippen LogP contribution in [0.15, 0.2) is 53.8 Å². The summed E-state index contributed by atoms with van der Waals surface area (Å²) in [6.07, 6.45) is 3.15. The molecule has 5 heteroatoms. The molecule has 104 valence electrons. The Labute approximate surface area is 118 Å². The molecule has 0 atom stereocenters. The predicted molar refractivity (Wildman–Crippen MR) is 78.8 cm³/mol. The quantitative estimate of drug-likeness (QED) is 0.498. The highest BCUT2D eigenvalue weighted by molar-refractivity contribution is 5.79. The van der Waals surface area contributed by atoms with Crippen LogP contribution in [0.1, 0.15) is 5.56 Å². The standard InChI is InChI=1S/C15H17N3O2/c1-18(15-4-2-3-9-16-15)10-11-20-14-7-5-13(6-8-14)12-17-19/h2-9,12,19H,10-11H2,1H3/b17-12+. The zero-order chi connectivity index (χ0) is 14.2. The first-order valence-corrected chi connectivity index (χ1v) is 6.32. The highest BCUT2D eigenvalue weighted by Crippen LogP contribution is 2.12. The van der Waals surface area contributed by atoms with E-state index in [0.29, 0.717) is 6.61 Å². The summed E-state index contributed by atoms with van der Waals surface area (Å²) in [6, 6.07) is 13.2. The van der Waals surface area contributed by atoms with Crippen LogP contribution in [0, 0.1) is 0 Å². The molecule has 0 saturated carbocycles. The highest BCUT2D eigenvalue weighted by atomic mass is 16.5. The number of hydrogen-bond acceptors (Lipinski definition) is 5. The lowest BCUT2D eigenvalue weighted by molar-refractivity contribution is 0.321. The molecule has 0 fully saturated rings. The molecule has 0 spiro atoms. The van der Waals surface area contributed by atoms with Crippen molar-refractivity contribution in [2.24, 2.45) is 5.16 Å². The molecule has 20 heavy (non-hydrogen) atoms. The molecule has 0 aliphatic heterocycles. The zero-order valence-corrected chi connectivity index (χ0v) is 11.3. The van der Waals surface area contributed by atoms with Gasteiger partial charge in [0.15, 0.2) is 0 Å². The van der Waals surface area contributed by atoms with Gasteiger partial charge < -0.3 is 14.8 Å². The SMILES string of the molecule is CN(CCOc1ccc(/C=N/O)cc1)c1ccccn1. The highest BCUT2D eigenvalue weighted by Gasteiger charge is 2.01. The van der Waals surface area contributed by atoms with Gasteiger partial charge in [-0.15, -0.1) is 0 Å². The van der Waals surface area contributed by atoms with Gasteiger partial charge in [0, 0.05) is 13.2 Å². The number of rotatable bonds is 6. The van der Waals surface area contributed by atoms with Crippen molar-refractivity contribution in [3.8, 4) is 5.75 Å². The van der Waals surface area contributed by atoms with Gasteiger partial charge in [-0.2, -0.15) is 0 Å². The van der Waals surface area contributed by atoms with Crippen LogP contribution in [0.3, 0.4) is 0 Å². The van der Waals surface area contributed by atoms with E-state index in [1.54, 1.807) is 6.20 Å². The predicted octanol–water partition coefficient (Wildman–Crippen LogP) is 2.40. The van der Waals surface area contributed by atoms with Crippen LogP contribution < -0.4 is 9.64 Å². The Morgan fingerprint density at radius 3 is 2.70 bits per heavy atom. The van der Waals surface area contributed by atoms with E-state index in [-0.39, 0.29) is 0 Å². The van der Waals surface area contributed by atoms with E-state index in [1.807, 2.05) is 54.4 Å². The number of nitrogens with zero attached hydrogens (tertiary/aromatic N) is 3. The summed E-state index contributed by atoms with van der Waals surface area (Å²) in [5.41, 5.74) is 0.824. The first kappa shape index (κ1) is 13.9. The normalized spacial score (nSPS) is 10.7. The van der Waals surface area contributed by atoms with Gasteiger partial charge in [-0.3, -0.25) is 0 Å². The van der Waals surface area contributed by atoms with Gasteiger partial charge in [-0.05, 0) is 42.0 Å². The van der Waals surface area contributed by atoms with Crippen molar-refractivity contribution >= 4 is 12.0 Å². The Kier molecular flexibility index (Phi) is 4.94. The lowest BCUT2D eigenvalue weighted by Gasteiger charge is -2.18. The minimum atomic E-state index is 0.570. The van der Waals surface area contributed by atoms with Crippen LogP contribution in [0.5, 0.6) is 5.75 Å². The van der Waals surface area contributed by atoms with E-state index >= 15 is 0 Å². The molecule has 1 N–H and O–H groups in total. The van der Waals surface area contributed by atoms with Gasteiger partial charge >= 0.3 is 0 Å². The van der Waals surface area contributed by atoms with Crippen LogP contribution in [0.4, 0.5) is 5.82 Å². The summed E-state index contributed by atoms with van der Waals surface area (Å²) in [5, 5.41) is 11.4. The molecule has 0 bridgehead atoms. The number of ether oxygens (including phenoxy) is 1.